The Morgan fingerprint density at radius 1 is 1.50 bits per heavy atom. The molecule has 1 heterocycles. The van der Waals surface area contributed by atoms with Crippen LogP contribution in [-0.4, -0.2) is 16.9 Å². The van der Waals surface area contributed by atoms with Gasteiger partial charge in [-0.25, -0.2) is 4.39 Å². The first kappa shape index (κ1) is 12.9. The van der Waals surface area contributed by atoms with E-state index in [0.29, 0.717) is 5.56 Å². The van der Waals surface area contributed by atoms with E-state index in [2.05, 4.69) is 21.2 Å². The lowest BCUT2D eigenvalue weighted by Crippen LogP contribution is -2.45. The Morgan fingerprint density at radius 3 is 2.83 bits per heavy atom. The number of carbonyl (C=O) groups excluding carboxylic acids is 1. The van der Waals surface area contributed by atoms with E-state index in [0.717, 1.165) is 0 Å². The van der Waals surface area contributed by atoms with E-state index in [-0.39, 0.29) is 23.2 Å². The lowest BCUT2D eigenvalue weighted by atomic mass is 9.92. The molecule has 1 aromatic carbocycles. The number of rotatable bonds is 2. The molecular weight excluding hydrogens is 307 g/mol. The maximum Gasteiger partial charge on any atom is 0.237 e. The van der Waals surface area contributed by atoms with Crippen molar-refractivity contribution in [3.8, 4) is 0 Å². The van der Waals surface area contributed by atoms with Crippen LogP contribution >= 0.6 is 15.9 Å². The van der Waals surface area contributed by atoms with E-state index < -0.39 is 22.8 Å². The second kappa shape index (κ2) is 5.01. The largest absolute Gasteiger partial charge is 0.343 e. The number of hydrogen-bond acceptors (Lipinski definition) is 3. The fraction of sp³-hybridized carbons (Fsp3) is 0.364. The number of piperidine rings is 1. The molecule has 1 fully saturated rings. The highest BCUT2D eigenvalue weighted by molar-refractivity contribution is 9.10. The van der Waals surface area contributed by atoms with Crippen LogP contribution in [0.15, 0.2) is 22.7 Å². The Labute approximate surface area is 111 Å². The molecule has 1 amide bonds. The van der Waals surface area contributed by atoms with Crippen molar-refractivity contribution in [3.63, 3.8) is 0 Å². The van der Waals surface area contributed by atoms with Gasteiger partial charge in [-0.05, 0) is 33.6 Å². The summed E-state index contributed by atoms with van der Waals surface area (Å²) in [5.74, 6) is -0.669. The minimum atomic E-state index is -0.875. The van der Waals surface area contributed by atoms with Crippen LogP contribution in [0.25, 0.3) is 0 Å². The normalized spacial score (nSPS) is 23.6. The first-order valence-electron chi connectivity index (χ1n) is 5.37. The van der Waals surface area contributed by atoms with E-state index in [4.69, 9.17) is 0 Å². The zero-order chi connectivity index (χ0) is 13.3. The van der Waals surface area contributed by atoms with Crippen LogP contribution in [0.5, 0.6) is 0 Å². The highest BCUT2D eigenvalue weighted by atomic mass is 79.9. The summed E-state index contributed by atoms with van der Waals surface area (Å²) in [6.07, 6.45) is 0.336. The Bertz CT molecular complexity index is 509. The molecule has 7 heteroatoms. The van der Waals surface area contributed by atoms with Gasteiger partial charge in [0.05, 0.1) is 4.47 Å². The minimum Gasteiger partial charge on any atom is -0.343 e. The lowest BCUT2D eigenvalue weighted by Gasteiger charge is -2.26. The number of hydrogen-bond donors (Lipinski definition) is 1. The van der Waals surface area contributed by atoms with Crippen molar-refractivity contribution < 1.29 is 14.1 Å². The molecule has 0 unspecified atom stereocenters. The molecule has 0 radical (unpaired) electrons. The molecule has 1 saturated heterocycles. The number of nitro groups is 1. The quantitative estimate of drug-likeness (QED) is 0.671. The van der Waals surface area contributed by atoms with Gasteiger partial charge in [0.15, 0.2) is 0 Å². The van der Waals surface area contributed by atoms with Crippen molar-refractivity contribution in [2.75, 3.05) is 0 Å². The SMILES string of the molecule is O=C1CC[C@H]([N+](=O)[O-])[C@@H](c2ccc(F)c(Br)c2)N1. The van der Waals surface area contributed by atoms with Crippen LogP contribution in [0.1, 0.15) is 24.4 Å². The summed E-state index contributed by atoms with van der Waals surface area (Å²) >= 11 is 3.03. The van der Waals surface area contributed by atoms with Gasteiger partial charge >= 0.3 is 0 Å². The van der Waals surface area contributed by atoms with Crippen LogP contribution in [0.4, 0.5) is 4.39 Å². The summed E-state index contributed by atoms with van der Waals surface area (Å²) in [6, 6.07) is 2.55. The molecule has 18 heavy (non-hydrogen) atoms. The van der Waals surface area contributed by atoms with Crippen LogP contribution in [-0.2, 0) is 4.79 Å². The minimum absolute atomic E-state index is 0.143. The van der Waals surface area contributed by atoms with Crippen LogP contribution < -0.4 is 5.32 Å². The fourth-order valence-electron chi connectivity index (χ4n) is 2.03. The van der Waals surface area contributed by atoms with Crippen molar-refractivity contribution in [1.82, 2.24) is 5.32 Å². The maximum absolute atomic E-state index is 13.1. The van der Waals surface area contributed by atoms with Gasteiger partial charge in [0.1, 0.15) is 11.9 Å². The third-order valence-corrected chi connectivity index (χ3v) is 3.55. The third kappa shape index (κ3) is 2.50. The van der Waals surface area contributed by atoms with Gasteiger partial charge in [-0.1, -0.05) is 6.07 Å². The molecule has 2 rings (SSSR count). The van der Waals surface area contributed by atoms with Crippen molar-refractivity contribution in [2.45, 2.75) is 24.9 Å². The van der Waals surface area contributed by atoms with Gasteiger partial charge in [-0.15, -0.1) is 0 Å². The molecule has 0 aliphatic carbocycles. The molecule has 1 aliphatic heterocycles. The summed E-state index contributed by atoms with van der Waals surface area (Å²) in [5, 5.41) is 13.6. The first-order valence-corrected chi connectivity index (χ1v) is 6.16. The molecule has 1 aromatic rings. The molecule has 5 nitrogen and oxygen atoms in total. The van der Waals surface area contributed by atoms with E-state index in [1.165, 1.54) is 18.2 Å². The van der Waals surface area contributed by atoms with Crippen molar-refractivity contribution >= 4 is 21.8 Å². The molecule has 1 N–H and O–H groups in total. The number of nitrogens with one attached hydrogen (secondary N) is 1. The number of carbonyl (C=O) groups is 1. The standard InChI is InChI=1S/C11H10BrFN2O3/c12-7-5-6(1-2-8(7)13)11-9(15(17)18)3-4-10(16)14-11/h1-2,5,9,11H,3-4H2,(H,14,16)/t9-,11+/m0/s1. The van der Waals surface area contributed by atoms with Crippen LogP contribution in [0, 0.1) is 15.9 Å². The summed E-state index contributed by atoms with van der Waals surface area (Å²) < 4.78 is 13.4. The summed E-state index contributed by atoms with van der Waals surface area (Å²) in [4.78, 5) is 21.9. The van der Waals surface area contributed by atoms with Gasteiger partial charge in [-0.3, -0.25) is 14.9 Å². The average Bonchev–Trinajstić information content (AvgIpc) is 2.32. The second-order valence-electron chi connectivity index (χ2n) is 4.11. The maximum atomic E-state index is 13.1. The topological polar surface area (TPSA) is 72.2 Å². The van der Waals surface area contributed by atoms with E-state index in [1.54, 1.807) is 0 Å². The number of benzene rings is 1. The third-order valence-electron chi connectivity index (χ3n) is 2.94. The molecule has 2 atom stereocenters. The molecule has 96 valence electrons. The first-order chi connectivity index (χ1) is 8.49. The molecule has 1 aliphatic rings. The van der Waals surface area contributed by atoms with Crippen LogP contribution in [0.2, 0.25) is 0 Å². The highest BCUT2D eigenvalue weighted by Crippen LogP contribution is 2.28. The van der Waals surface area contributed by atoms with Crippen molar-refractivity contribution in [1.29, 1.82) is 0 Å². The number of nitrogens with zero attached hydrogens (tertiary/aromatic N) is 1. The predicted octanol–water partition coefficient (Wildman–Crippen LogP) is 2.18. The van der Waals surface area contributed by atoms with Gasteiger partial charge in [0, 0.05) is 17.8 Å². The lowest BCUT2D eigenvalue weighted by molar-refractivity contribution is -0.529. The Balaban J connectivity index is 2.34. The van der Waals surface area contributed by atoms with Gasteiger partial charge in [0.2, 0.25) is 11.9 Å². The Hall–Kier alpha value is -1.50. The predicted molar refractivity (Wildman–Crippen MR) is 65.0 cm³/mol. The number of amides is 1. The Morgan fingerprint density at radius 2 is 2.22 bits per heavy atom. The number of halogens is 2. The van der Waals surface area contributed by atoms with Gasteiger partial charge < -0.3 is 5.32 Å². The molecule has 0 spiro atoms. The van der Waals surface area contributed by atoms with E-state index in [1.807, 2.05) is 0 Å². The highest BCUT2D eigenvalue weighted by Gasteiger charge is 2.38. The Kier molecular flexibility index (Phi) is 3.60. The van der Waals surface area contributed by atoms with E-state index >= 15 is 0 Å². The van der Waals surface area contributed by atoms with E-state index in [9.17, 15) is 19.3 Å². The average molecular weight is 317 g/mol. The van der Waals surface area contributed by atoms with Crippen molar-refractivity contribution in [3.05, 3.63) is 44.2 Å². The molecule has 0 bridgehead atoms. The second-order valence-corrected chi connectivity index (χ2v) is 4.96. The zero-order valence-electron chi connectivity index (χ0n) is 9.23. The van der Waals surface area contributed by atoms with Crippen LogP contribution in [0.3, 0.4) is 0 Å². The summed E-state index contributed by atoms with van der Waals surface area (Å²) in [5.41, 5.74) is 0.526. The summed E-state index contributed by atoms with van der Waals surface area (Å²) in [7, 11) is 0. The molecule has 0 aromatic heterocycles. The zero-order valence-corrected chi connectivity index (χ0v) is 10.8. The summed E-state index contributed by atoms with van der Waals surface area (Å²) in [6.45, 7) is 0. The monoisotopic (exact) mass is 316 g/mol. The molecule has 0 saturated carbocycles. The fourth-order valence-corrected chi connectivity index (χ4v) is 2.42. The molecular formula is C11H10BrFN2O3. The van der Waals surface area contributed by atoms with Gasteiger partial charge in [0.25, 0.3) is 0 Å². The smallest absolute Gasteiger partial charge is 0.237 e. The van der Waals surface area contributed by atoms with Crippen molar-refractivity contribution in [2.24, 2.45) is 0 Å². The van der Waals surface area contributed by atoms with Gasteiger partial charge in [-0.2, -0.15) is 0 Å².